The predicted molar refractivity (Wildman–Crippen MR) is 177 cm³/mol. The topological polar surface area (TPSA) is 116 Å². The zero-order valence-electron chi connectivity index (χ0n) is 29.0. The van der Waals surface area contributed by atoms with Gasteiger partial charge in [0.1, 0.15) is 6.10 Å². The van der Waals surface area contributed by atoms with Gasteiger partial charge in [-0.3, -0.25) is 24.5 Å². The maximum Gasteiger partial charge on any atom is 0.302 e. The number of anilines is 1. The lowest BCUT2D eigenvalue weighted by molar-refractivity contribution is -0.384. The van der Waals surface area contributed by atoms with Crippen molar-refractivity contribution in [3.05, 3.63) is 46.0 Å². The fourth-order valence-electron chi connectivity index (χ4n) is 11.8. The van der Waals surface area contributed by atoms with Crippen molar-refractivity contribution in [2.24, 2.45) is 50.2 Å². The third kappa shape index (κ3) is 4.62. The average molecular weight is 633 g/mol. The van der Waals surface area contributed by atoms with Gasteiger partial charge < -0.3 is 10.1 Å². The van der Waals surface area contributed by atoms with E-state index in [0.717, 1.165) is 51.4 Å². The monoisotopic (exact) mass is 632 g/mol. The number of nitro benzene ring substituents is 1. The highest BCUT2D eigenvalue weighted by Gasteiger charge is 2.70. The Bertz CT molecular complexity index is 1530. The van der Waals surface area contributed by atoms with E-state index in [1.54, 1.807) is 12.1 Å². The molecule has 5 aliphatic rings. The Morgan fingerprint density at radius 3 is 2.33 bits per heavy atom. The number of hydrogen-bond donors (Lipinski definition) is 1. The molecule has 8 nitrogen and oxygen atoms in total. The Balaban J connectivity index is 1.33. The maximum atomic E-state index is 14.7. The number of carbonyl (C=O) groups excluding carboxylic acids is 3. The quantitative estimate of drug-likeness (QED) is 0.202. The van der Waals surface area contributed by atoms with Gasteiger partial charge in [-0.15, -0.1) is 0 Å². The van der Waals surface area contributed by atoms with Crippen molar-refractivity contribution in [2.45, 2.75) is 119 Å². The molecular formula is C38H52N2O6. The van der Waals surface area contributed by atoms with Crippen molar-refractivity contribution in [3.8, 4) is 0 Å². The third-order valence-electron chi connectivity index (χ3n) is 14.7. The van der Waals surface area contributed by atoms with Gasteiger partial charge >= 0.3 is 5.97 Å². The van der Waals surface area contributed by atoms with Crippen LogP contribution in [0.1, 0.15) is 113 Å². The van der Waals surface area contributed by atoms with Gasteiger partial charge in [0, 0.05) is 41.5 Å². The van der Waals surface area contributed by atoms with E-state index in [0.29, 0.717) is 12.1 Å². The third-order valence-corrected chi connectivity index (χ3v) is 14.7. The highest BCUT2D eigenvalue weighted by Crippen LogP contribution is 2.75. The van der Waals surface area contributed by atoms with Crippen LogP contribution in [0.2, 0.25) is 0 Å². The molecule has 6 rings (SSSR count). The molecule has 0 spiro atoms. The molecular weight excluding hydrogens is 580 g/mol. The fourth-order valence-corrected chi connectivity index (χ4v) is 11.8. The van der Waals surface area contributed by atoms with Gasteiger partial charge in [-0.1, -0.05) is 60.1 Å². The number of benzene rings is 1. The van der Waals surface area contributed by atoms with Crippen molar-refractivity contribution < 1.29 is 24.0 Å². The second-order valence-corrected chi connectivity index (χ2v) is 17.5. The average Bonchev–Trinajstić information content (AvgIpc) is 2.96. The molecule has 0 saturated heterocycles. The molecule has 1 N–H and O–H groups in total. The molecule has 5 aliphatic carbocycles. The second-order valence-electron chi connectivity index (χ2n) is 17.5. The first-order chi connectivity index (χ1) is 21.3. The van der Waals surface area contributed by atoms with Crippen molar-refractivity contribution in [3.63, 3.8) is 0 Å². The minimum Gasteiger partial charge on any atom is -0.462 e. The Hall–Kier alpha value is -3.03. The molecule has 0 aliphatic heterocycles. The first kappa shape index (κ1) is 32.9. The van der Waals surface area contributed by atoms with E-state index in [2.05, 4.69) is 46.9 Å². The number of non-ortho nitro benzene ring substituents is 1. The number of rotatable bonds is 4. The van der Waals surface area contributed by atoms with Crippen LogP contribution >= 0.6 is 0 Å². The van der Waals surface area contributed by atoms with Gasteiger partial charge in [0.2, 0.25) is 5.91 Å². The molecule has 0 radical (unpaired) electrons. The van der Waals surface area contributed by atoms with Crippen LogP contribution < -0.4 is 5.32 Å². The normalized spacial score (nSPS) is 42.7. The van der Waals surface area contributed by atoms with Gasteiger partial charge in [-0.2, -0.15) is 0 Å². The summed E-state index contributed by atoms with van der Waals surface area (Å²) in [7, 11) is 0. The highest BCUT2D eigenvalue weighted by atomic mass is 16.6. The van der Waals surface area contributed by atoms with Gasteiger partial charge in [0.15, 0.2) is 5.78 Å². The number of nitrogens with one attached hydrogen (secondary N) is 1. The fraction of sp³-hybridized carbons (Fsp3) is 0.711. The van der Waals surface area contributed by atoms with E-state index in [1.165, 1.54) is 24.6 Å². The minimum atomic E-state index is -0.669. The zero-order valence-corrected chi connectivity index (χ0v) is 29.0. The summed E-state index contributed by atoms with van der Waals surface area (Å²) in [5.74, 6) is 0.143. The van der Waals surface area contributed by atoms with Crippen LogP contribution in [-0.4, -0.2) is 28.7 Å². The van der Waals surface area contributed by atoms with Crippen LogP contribution in [-0.2, 0) is 19.1 Å². The lowest BCUT2D eigenvalue weighted by Crippen LogP contribution is -2.66. The van der Waals surface area contributed by atoms with Crippen LogP contribution in [0.25, 0.3) is 0 Å². The number of nitrogens with zero attached hydrogens (tertiary/aromatic N) is 1. The van der Waals surface area contributed by atoms with E-state index >= 15 is 0 Å². The number of ether oxygens (including phenoxy) is 1. The Morgan fingerprint density at radius 1 is 0.957 bits per heavy atom. The van der Waals surface area contributed by atoms with Crippen LogP contribution in [0, 0.1) is 60.4 Å². The number of amides is 1. The second kappa shape index (κ2) is 10.5. The summed E-state index contributed by atoms with van der Waals surface area (Å²) < 4.78 is 5.86. The number of esters is 1. The number of allylic oxidation sites excluding steroid dienone is 2. The molecule has 1 aromatic rings. The van der Waals surface area contributed by atoms with Crippen molar-refractivity contribution >= 4 is 29.0 Å². The number of carbonyl (C=O) groups is 3. The molecule has 1 amide bonds. The van der Waals surface area contributed by atoms with E-state index in [1.807, 2.05) is 13.0 Å². The summed E-state index contributed by atoms with van der Waals surface area (Å²) in [5.41, 5.74) is 0.142. The zero-order chi connectivity index (χ0) is 33.7. The van der Waals surface area contributed by atoms with Crippen molar-refractivity contribution in [1.82, 2.24) is 0 Å². The van der Waals surface area contributed by atoms with E-state index in [4.69, 9.17) is 4.74 Å². The molecule has 8 heteroatoms. The first-order valence-electron chi connectivity index (χ1n) is 17.3. The van der Waals surface area contributed by atoms with Crippen molar-refractivity contribution in [2.75, 3.05) is 5.32 Å². The molecule has 4 saturated carbocycles. The molecule has 0 heterocycles. The van der Waals surface area contributed by atoms with Crippen LogP contribution in [0.4, 0.5) is 11.4 Å². The molecule has 4 fully saturated rings. The lowest BCUT2D eigenvalue weighted by Gasteiger charge is -2.70. The van der Waals surface area contributed by atoms with Gasteiger partial charge in [-0.05, 0) is 103 Å². The summed E-state index contributed by atoms with van der Waals surface area (Å²) in [6.07, 6.45) is 9.82. The van der Waals surface area contributed by atoms with Crippen LogP contribution in [0.3, 0.4) is 0 Å². The molecule has 0 bridgehead atoms. The molecule has 9 atom stereocenters. The highest BCUT2D eigenvalue weighted by molar-refractivity contribution is 5.97. The number of hydrogen-bond acceptors (Lipinski definition) is 6. The summed E-state index contributed by atoms with van der Waals surface area (Å²) in [6, 6.07) is 6.12. The maximum absolute atomic E-state index is 14.7. The molecule has 0 aromatic heterocycles. The number of fused-ring (bicyclic) bond motifs is 7. The van der Waals surface area contributed by atoms with Gasteiger partial charge in [-0.25, -0.2) is 0 Å². The standard InChI is InChI=1S/C38H52N2O6/c1-23(41)46-30-13-14-36(6)29(33(30,2)3)12-15-38(8)31(36)28(42)21-26-27-22-35(5,17-16-34(27,4)18-19-37(26,38)7)32(43)39-24-10-9-11-25(20-24)40(44)45/h9-11,20-21,27,29-31H,12-19,22H2,1-8H3,(H,39,43). The van der Waals surface area contributed by atoms with Gasteiger partial charge in [0.05, 0.1) is 4.92 Å². The van der Waals surface area contributed by atoms with E-state index < -0.39 is 10.3 Å². The lowest BCUT2D eigenvalue weighted by atomic mass is 9.33. The Labute approximate surface area is 273 Å². The van der Waals surface area contributed by atoms with E-state index in [-0.39, 0.29) is 74.3 Å². The smallest absolute Gasteiger partial charge is 0.302 e. The SMILES string of the molecule is CC(=O)OC1CCC2(C)C(CCC3(C)C2C(=O)C=C2C4CC(C)(C(=O)Nc5cccc([N+](=O)[O-])c5)CCC4(C)CCC23C)C1(C)C. The van der Waals surface area contributed by atoms with Crippen LogP contribution in [0.15, 0.2) is 35.9 Å². The summed E-state index contributed by atoms with van der Waals surface area (Å²) in [5, 5.41) is 14.3. The summed E-state index contributed by atoms with van der Waals surface area (Å²) >= 11 is 0. The summed E-state index contributed by atoms with van der Waals surface area (Å²) in [4.78, 5) is 51.4. The molecule has 250 valence electrons. The number of ketones is 1. The molecule has 9 unspecified atom stereocenters. The Morgan fingerprint density at radius 2 is 1.65 bits per heavy atom. The summed E-state index contributed by atoms with van der Waals surface area (Å²) in [6.45, 7) is 17.5. The minimum absolute atomic E-state index is 0.00528. The van der Waals surface area contributed by atoms with Gasteiger partial charge in [0.25, 0.3) is 5.69 Å². The first-order valence-corrected chi connectivity index (χ1v) is 17.3. The Kier molecular flexibility index (Phi) is 7.50. The number of nitro groups is 1. The molecule has 46 heavy (non-hydrogen) atoms. The van der Waals surface area contributed by atoms with E-state index in [9.17, 15) is 24.5 Å². The largest absolute Gasteiger partial charge is 0.462 e. The van der Waals surface area contributed by atoms with Crippen LogP contribution in [0.5, 0.6) is 0 Å². The predicted octanol–water partition coefficient (Wildman–Crippen LogP) is 8.45. The van der Waals surface area contributed by atoms with Crippen molar-refractivity contribution in [1.29, 1.82) is 0 Å². The molecule has 1 aromatic carbocycles.